The number of hydrogen-bond acceptors (Lipinski definition) is 3. The molecule has 0 aliphatic heterocycles. The van der Waals surface area contributed by atoms with Crippen LogP contribution in [0, 0.1) is 0 Å². The Kier molecular flexibility index (Phi) is 6.66. The van der Waals surface area contributed by atoms with Crippen molar-refractivity contribution in [3.8, 4) is 11.3 Å². The van der Waals surface area contributed by atoms with E-state index in [1.807, 2.05) is 48.7 Å². The first kappa shape index (κ1) is 18.0. The summed E-state index contributed by atoms with van der Waals surface area (Å²) in [5.74, 6) is 1.65. The normalized spacial score (nSPS) is 10.3. The number of aromatic nitrogens is 1. The van der Waals surface area contributed by atoms with E-state index in [9.17, 15) is 0 Å². The average Bonchev–Trinajstić information content (AvgIpc) is 2.97. The van der Waals surface area contributed by atoms with Gasteiger partial charge in [0.1, 0.15) is 11.5 Å². The molecule has 0 radical (unpaired) electrons. The van der Waals surface area contributed by atoms with Crippen molar-refractivity contribution in [1.82, 2.24) is 10.3 Å². The molecule has 1 N–H and O–H groups in total. The van der Waals surface area contributed by atoms with Crippen molar-refractivity contribution in [3.63, 3.8) is 0 Å². The molecular weight excluding hydrogens is 399 g/mol. The predicted molar refractivity (Wildman–Crippen MR) is 98.9 cm³/mol. The Hall–Kier alpha value is -1.33. The van der Waals surface area contributed by atoms with Crippen molar-refractivity contribution in [2.75, 3.05) is 0 Å². The topological polar surface area (TPSA) is 38.1 Å². The van der Waals surface area contributed by atoms with Gasteiger partial charge in [0.2, 0.25) is 0 Å². The third kappa shape index (κ3) is 4.82. The summed E-state index contributed by atoms with van der Waals surface area (Å²) in [6, 6.07) is 13.6. The fourth-order valence-corrected chi connectivity index (χ4v) is 2.91. The quantitative estimate of drug-likeness (QED) is 0.602. The molecule has 120 valence electrons. The number of rotatable bonds is 5. The third-order valence-electron chi connectivity index (χ3n) is 3.21. The highest BCUT2D eigenvalue weighted by molar-refractivity contribution is 9.10. The number of pyridine rings is 1. The van der Waals surface area contributed by atoms with Gasteiger partial charge in [-0.25, -0.2) is 0 Å². The van der Waals surface area contributed by atoms with Gasteiger partial charge in [0.25, 0.3) is 0 Å². The number of halogens is 3. The Morgan fingerprint density at radius 3 is 2.74 bits per heavy atom. The lowest BCUT2D eigenvalue weighted by molar-refractivity contribution is 0.493. The van der Waals surface area contributed by atoms with Crippen LogP contribution in [-0.4, -0.2) is 4.98 Å². The van der Waals surface area contributed by atoms with Gasteiger partial charge < -0.3 is 9.73 Å². The van der Waals surface area contributed by atoms with Crippen LogP contribution in [0.4, 0.5) is 0 Å². The van der Waals surface area contributed by atoms with Crippen molar-refractivity contribution in [2.24, 2.45) is 0 Å². The second-order valence-electron chi connectivity index (χ2n) is 4.85. The molecule has 3 rings (SSSR count). The van der Waals surface area contributed by atoms with Crippen molar-refractivity contribution in [1.29, 1.82) is 0 Å². The Morgan fingerprint density at radius 2 is 2.00 bits per heavy atom. The number of benzene rings is 1. The molecule has 0 atom stereocenters. The summed E-state index contributed by atoms with van der Waals surface area (Å²) in [7, 11) is 0. The van der Waals surface area contributed by atoms with E-state index in [1.54, 1.807) is 6.20 Å². The van der Waals surface area contributed by atoms with Gasteiger partial charge in [-0.15, -0.1) is 12.4 Å². The molecule has 0 saturated carbocycles. The van der Waals surface area contributed by atoms with E-state index in [2.05, 4.69) is 26.2 Å². The number of nitrogens with zero attached hydrogens (tertiary/aromatic N) is 1. The largest absolute Gasteiger partial charge is 0.460 e. The minimum atomic E-state index is 0. The molecule has 0 aliphatic carbocycles. The van der Waals surface area contributed by atoms with Crippen LogP contribution in [-0.2, 0) is 13.1 Å². The minimum absolute atomic E-state index is 0. The van der Waals surface area contributed by atoms with Crippen LogP contribution < -0.4 is 5.32 Å². The van der Waals surface area contributed by atoms with Crippen LogP contribution in [0.25, 0.3) is 11.3 Å². The predicted octanol–water partition coefficient (Wildman–Crippen LogP) is 5.47. The van der Waals surface area contributed by atoms with E-state index in [0.717, 1.165) is 33.7 Å². The fraction of sp³-hybridized carbons (Fsp3) is 0.118. The standard InChI is InChI=1S/C17H14BrClN2O.ClH/c18-13-3-5-15(16(19)8-13)17-6-4-14(22-17)11-21-10-12-2-1-7-20-9-12;/h1-9,21H,10-11H2;1H. The molecule has 23 heavy (non-hydrogen) atoms. The summed E-state index contributed by atoms with van der Waals surface area (Å²) in [6.45, 7) is 1.41. The Balaban J connectivity index is 0.00000192. The molecule has 0 saturated heterocycles. The summed E-state index contributed by atoms with van der Waals surface area (Å²) in [5.41, 5.74) is 2.04. The summed E-state index contributed by atoms with van der Waals surface area (Å²) in [4.78, 5) is 4.09. The van der Waals surface area contributed by atoms with Gasteiger partial charge in [-0.3, -0.25) is 4.98 Å². The van der Waals surface area contributed by atoms with E-state index in [1.165, 1.54) is 0 Å². The second-order valence-corrected chi connectivity index (χ2v) is 6.18. The number of nitrogens with one attached hydrogen (secondary N) is 1. The third-order valence-corrected chi connectivity index (χ3v) is 4.02. The first-order valence-electron chi connectivity index (χ1n) is 6.86. The molecule has 0 aliphatic rings. The molecule has 0 unspecified atom stereocenters. The van der Waals surface area contributed by atoms with Gasteiger partial charge in [0, 0.05) is 29.0 Å². The molecule has 3 nitrogen and oxygen atoms in total. The van der Waals surface area contributed by atoms with Crippen molar-refractivity contribution < 1.29 is 4.42 Å². The zero-order chi connectivity index (χ0) is 15.4. The maximum atomic E-state index is 6.25. The minimum Gasteiger partial charge on any atom is -0.460 e. The maximum Gasteiger partial charge on any atom is 0.135 e. The highest BCUT2D eigenvalue weighted by Gasteiger charge is 2.09. The van der Waals surface area contributed by atoms with E-state index >= 15 is 0 Å². The zero-order valence-corrected chi connectivity index (χ0v) is 15.3. The molecule has 2 aromatic heterocycles. The SMILES string of the molecule is Cl.Clc1cc(Br)ccc1-c1ccc(CNCc2cccnc2)o1. The lowest BCUT2D eigenvalue weighted by atomic mass is 10.2. The lowest BCUT2D eigenvalue weighted by Gasteiger charge is -2.03. The Bertz CT molecular complexity index is 762. The first-order chi connectivity index (χ1) is 10.7. The van der Waals surface area contributed by atoms with Gasteiger partial charge in [-0.05, 0) is 42.0 Å². The smallest absolute Gasteiger partial charge is 0.135 e. The van der Waals surface area contributed by atoms with E-state index < -0.39 is 0 Å². The van der Waals surface area contributed by atoms with Crippen molar-refractivity contribution >= 4 is 39.9 Å². The van der Waals surface area contributed by atoms with Crippen LogP contribution in [0.3, 0.4) is 0 Å². The molecule has 0 fully saturated rings. The van der Waals surface area contributed by atoms with Crippen LogP contribution >= 0.6 is 39.9 Å². The summed E-state index contributed by atoms with van der Waals surface area (Å²) in [6.07, 6.45) is 3.62. The van der Waals surface area contributed by atoms with Gasteiger partial charge >= 0.3 is 0 Å². The van der Waals surface area contributed by atoms with E-state index in [4.69, 9.17) is 16.0 Å². The highest BCUT2D eigenvalue weighted by atomic mass is 79.9. The van der Waals surface area contributed by atoms with Crippen LogP contribution in [0.15, 0.2) is 63.7 Å². The number of hydrogen-bond donors (Lipinski definition) is 1. The molecule has 0 amide bonds. The average molecular weight is 414 g/mol. The molecule has 1 aromatic carbocycles. The second kappa shape index (κ2) is 8.50. The Labute approximate surface area is 154 Å². The van der Waals surface area contributed by atoms with Gasteiger partial charge in [0.05, 0.1) is 11.6 Å². The van der Waals surface area contributed by atoms with Crippen LogP contribution in [0.2, 0.25) is 5.02 Å². The van der Waals surface area contributed by atoms with E-state index in [-0.39, 0.29) is 12.4 Å². The Morgan fingerprint density at radius 1 is 1.13 bits per heavy atom. The summed E-state index contributed by atoms with van der Waals surface area (Å²) in [5, 5.41) is 4.00. The fourth-order valence-electron chi connectivity index (χ4n) is 2.14. The summed E-state index contributed by atoms with van der Waals surface area (Å²) < 4.78 is 6.80. The van der Waals surface area contributed by atoms with Crippen molar-refractivity contribution in [3.05, 3.63) is 75.7 Å². The van der Waals surface area contributed by atoms with Crippen molar-refractivity contribution in [2.45, 2.75) is 13.1 Å². The molecule has 6 heteroatoms. The number of furan rings is 1. The van der Waals surface area contributed by atoms with Gasteiger partial charge in [-0.1, -0.05) is 33.6 Å². The van der Waals surface area contributed by atoms with E-state index in [0.29, 0.717) is 11.6 Å². The first-order valence-corrected chi connectivity index (χ1v) is 8.03. The molecule has 0 bridgehead atoms. The highest BCUT2D eigenvalue weighted by Crippen LogP contribution is 2.31. The maximum absolute atomic E-state index is 6.25. The van der Waals surface area contributed by atoms with Crippen LogP contribution in [0.5, 0.6) is 0 Å². The van der Waals surface area contributed by atoms with Gasteiger partial charge in [0.15, 0.2) is 0 Å². The molecule has 2 heterocycles. The zero-order valence-electron chi connectivity index (χ0n) is 12.1. The molecular formula is C17H15BrCl2N2O. The van der Waals surface area contributed by atoms with Gasteiger partial charge in [-0.2, -0.15) is 0 Å². The monoisotopic (exact) mass is 412 g/mol. The summed E-state index contributed by atoms with van der Waals surface area (Å²) >= 11 is 9.65. The van der Waals surface area contributed by atoms with Crippen LogP contribution in [0.1, 0.15) is 11.3 Å². The molecule has 3 aromatic rings. The molecule has 0 spiro atoms. The lowest BCUT2D eigenvalue weighted by Crippen LogP contribution is -2.12.